The van der Waals surface area contributed by atoms with Gasteiger partial charge in [-0.25, -0.2) is 0 Å². The average molecular weight is 323 g/mol. The van der Waals surface area contributed by atoms with Gasteiger partial charge >= 0.3 is 0 Å². The van der Waals surface area contributed by atoms with E-state index in [4.69, 9.17) is 10.3 Å². The van der Waals surface area contributed by atoms with Gasteiger partial charge in [0.15, 0.2) is 0 Å². The van der Waals surface area contributed by atoms with Crippen LogP contribution in [0.15, 0.2) is 52.3 Å². The maximum atomic E-state index is 9.04. The third kappa shape index (κ3) is 3.08. The quantitative estimate of drug-likeness (QED) is 0.800. The van der Waals surface area contributed by atoms with E-state index in [1.165, 1.54) is 11.3 Å². The molecule has 1 N–H and O–H groups in total. The Morgan fingerprint density at radius 3 is 3.00 bits per heavy atom. The van der Waals surface area contributed by atoms with E-state index in [-0.39, 0.29) is 5.41 Å². The molecule has 5 heteroatoms. The molecule has 3 rings (SSSR count). The van der Waals surface area contributed by atoms with Crippen molar-refractivity contribution in [1.29, 1.82) is 5.26 Å². The predicted octanol–water partition coefficient (Wildman–Crippen LogP) is 1.70. The highest BCUT2D eigenvalue weighted by atomic mass is 15.1. The fourth-order valence-electron chi connectivity index (χ4n) is 3.84. The van der Waals surface area contributed by atoms with Crippen LogP contribution in [0.4, 0.5) is 0 Å². The van der Waals surface area contributed by atoms with E-state index in [0.29, 0.717) is 0 Å². The second kappa shape index (κ2) is 6.76. The van der Waals surface area contributed by atoms with Crippen molar-refractivity contribution in [2.45, 2.75) is 6.42 Å². The first-order valence-corrected chi connectivity index (χ1v) is 8.37. The van der Waals surface area contributed by atoms with Gasteiger partial charge in [0, 0.05) is 44.2 Å². The van der Waals surface area contributed by atoms with Gasteiger partial charge in [0.1, 0.15) is 0 Å². The normalized spacial score (nSPS) is 27.8. The molecule has 24 heavy (non-hydrogen) atoms. The van der Waals surface area contributed by atoms with Gasteiger partial charge in [-0.3, -0.25) is 4.99 Å². The minimum atomic E-state index is -0.115. The molecule has 1 atom stereocenters. The first kappa shape index (κ1) is 16.7. The van der Waals surface area contributed by atoms with Crippen molar-refractivity contribution in [2.24, 2.45) is 10.4 Å². The Balaban J connectivity index is 1.98. The number of rotatable bonds is 4. The number of likely N-dealkylation sites (tertiary alicyclic amines) is 1. The van der Waals surface area contributed by atoms with Crippen molar-refractivity contribution >= 4 is 5.71 Å². The molecule has 0 amide bonds. The van der Waals surface area contributed by atoms with Crippen LogP contribution in [0.2, 0.25) is 0 Å². The number of aliphatic imine (C=N–C) groups is 1. The number of hydrogen-bond acceptors (Lipinski definition) is 5. The lowest BCUT2D eigenvalue weighted by molar-refractivity contribution is 0.365. The number of likely N-dealkylation sites (N-methyl/N-ethyl adjacent to an activating group) is 2. The Bertz CT molecular complexity index is 702. The molecule has 0 radical (unpaired) electrons. The average Bonchev–Trinajstić information content (AvgIpc) is 2.77. The minimum Gasteiger partial charge on any atom is -0.384 e. The van der Waals surface area contributed by atoms with Crippen molar-refractivity contribution in [2.75, 3.05) is 47.3 Å². The molecule has 5 nitrogen and oxygen atoms in total. The predicted molar refractivity (Wildman–Crippen MR) is 97.5 cm³/mol. The molecule has 0 aromatic heterocycles. The molecule has 0 aromatic carbocycles. The number of nitriles is 1. The smallest absolute Gasteiger partial charge is 0.0914 e. The largest absolute Gasteiger partial charge is 0.384 e. The molecule has 1 aliphatic carbocycles. The van der Waals surface area contributed by atoms with Crippen LogP contribution in [0.5, 0.6) is 0 Å². The van der Waals surface area contributed by atoms with Crippen LogP contribution in [0.1, 0.15) is 6.42 Å². The molecule has 0 saturated carbocycles. The lowest BCUT2D eigenvalue weighted by atomic mass is 9.69. The SMILES string of the molecule is CN(C)CCNC1=C2CN(C)CC23C/C(=C/C#N)C=CC3=NC=C1. The van der Waals surface area contributed by atoms with Crippen molar-refractivity contribution < 1.29 is 0 Å². The van der Waals surface area contributed by atoms with E-state index < -0.39 is 0 Å². The molecule has 126 valence electrons. The Hall–Kier alpha value is -2.16. The van der Waals surface area contributed by atoms with E-state index >= 15 is 0 Å². The molecule has 3 aliphatic rings. The van der Waals surface area contributed by atoms with Crippen LogP contribution in [0.3, 0.4) is 0 Å². The molecule has 0 aromatic rings. The van der Waals surface area contributed by atoms with Gasteiger partial charge in [0.05, 0.1) is 17.2 Å². The Labute approximate surface area is 144 Å². The zero-order valence-electron chi connectivity index (χ0n) is 14.7. The number of nitrogens with zero attached hydrogens (tertiary/aromatic N) is 4. The van der Waals surface area contributed by atoms with Gasteiger partial charge in [-0.15, -0.1) is 0 Å². The van der Waals surface area contributed by atoms with Crippen LogP contribution >= 0.6 is 0 Å². The molecular weight excluding hydrogens is 298 g/mol. The monoisotopic (exact) mass is 323 g/mol. The van der Waals surface area contributed by atoms with Crippen LogP contribution in [-0.2, 0) is 0 Å². The highest BCUT2D eigenvalue weighted by Gasteiger charge is 2.47. The summed E-state index contributed by atoms with van der Waals surface area (Å²) in [4.78, 5) is 9.24. The lowest BCUT2D eigenvalue weighted by Gasteiger charge is -2.34. The Kier molecular flexibility index (Phi) is 4.70. The van der Waals surface area contributed by atoms with Gasteiger partial charge in [0.25, 0.3) is 0 Å². The minimum absolute atomic E-state index is 0.115. The molecule has 1 saturated heterocycles. The van der Waals surface area contributed by atoms with Gasteiger partial charge < -0.3 is 15.1 Å². The zero-order valence-corrected chi connectivity index (χ0v) is 14.7. The molecule has 1 unspecified atom stereocenters. The maximum Gasteiger partial charge on any atom is 0.0914 e. The molecule has 2 heterocycles. The van der Waals surface area contributed by atoms with Gasteiger partial charge in [-0.05, 0) is 50.9 Å². The third-order valence-electron chi connectivity index (χ3n) is 4.90. The number of allylic oxidation sites excluding steroid dienone is 5. The van der Waals surface area contributed by atoms with Crippen molar-refractivity contribution in [1.82, 2.24) is 15.1 Å². The second-order valence-electron chi connectivity index (χ2n) is 7.07. The molecule has 1 fully saturated rings. The summed E-state index contributed by atoms with van der Waals surface area (Å²) < 4.78 is 0. The summed E-state index contributed by atoms with van der Waals surface area (Å²) in [6.07, 6.45) is 10.6. The summed E-state index contributed by atoms with van der Waals surface area (Å²) in [5, 5.41) is 12.6. The van der Waals surface area contributed by atoms with Gasteiger partial charge in [-0.1, -0.05) is 6.08 Å². The fraction of sp³-hybridized carbons (Fsp3) is 0.474. The van der Waals surface area contributed by atoms with Crippen molar-refractivity contribution in [3.63, 3.8) is 0 Å². The molecule has 2 aliphatic heterocycles. The van der Waals surface area contributed by atoms with E-state index in [0.717, 1.165) is 43.9 Å². The van der Waals surface area contributed by atoms with Crippen LogP contribution in [0, 0.1) is 16.7 Å². The summed E-state index contributed by atoms with van der Waals surface area (Å²) in [5.41, 5.74) is 4.66. The molecule has 1 spiro atoms. The van der Waals surface area contributed by atoms with Gasteiger partial charge in [-0.2, -0.15) is 5.26 Å². The highest BCUT2D eigenvalue weighted by Crippen LogP contribution is 2.46. The lowest BCUT2D eigenvalue weighted by Crippen LogP contribution is -2.37. The fourth-order valence-corrected chi connectivity index (χ4v) is 3.84. The van der Waals surface area contributed by atoms with Crippen molar-refractivity contribution in [3.05, 3.63) is 47.3 Å². The Morgan fingerprint density at radius 2 is 2.25 bits per heavy atom. The van der Waals surface area contributed by atoms with Gasteiger partial charge in [0.2, 0.25) is 0 Å². The topological polar surface area (TPSA) is 54.7 Å². The number of nitrogens with one attached hydrogen (secondary N) is 1. The highest BCUT2D eigenvalue weighted by molar-refractivity contribution is 6.05. The Morgan fingerprint density at radius 1 is 1.42 bits per heavy atom. The van der Waals surface area contributed by atoms with Crippen LogP contribution in [-0.4, -0.2) is 62.8 Å². The first-order chi connectivity index (χ1) is 11.5. The van der Waals surface area contributed by atoms with E-state index in [9.17, 15) is 0 Å². The van der Waals surface area contributed by atoms with E-state index in [1.807, 2.05) is 12.3 Å². The molecular formula is C19H25N5. The number of hydrogen-bond donors (Lipinski definition) is 1. The third-order valence-corrected chi connectivity index (χ3v) is 4.90. The van der Waals surface area contributed by atoms with Crippen LogP contribution < -0.4 is 5.32 Å². The maximum absolute atomic E-state index is 9.04. The molecule has 0 bridgehead atoms. The summed E-state index contributed by atoms with van der Waals surface area (Å²) in [7, 11) is 6.32. The second-order valence-corrected chi connectivity index (χ2v) is 7.07. The van der Waals surface area contributed by atoms with Crippen molar-refractivity contribution in [3.8, 4) is 6.07 Å². The van der Waals surface area contributed by atoms with E-state index in [2.05, 4.69) is 54.5 Å². The standard InChI is InChI=1S/C19H25N5/c1-23(2)11-10-21-17-7-9-22-18-5-4-15(6-8-20)12-19(18)14-24(3)13-16(17)19/h4-7,9,21H,10-14H2,1-3H3/b15-6+. The summed E-state index contributed by atoms with van der Waals surface area (Å²) in [6, 6.07) is 2.17. The first-order valence-electron chi connectivity index (χ1n) is 8.37. The van der Waals surface area contributed by atoms with Crippen LogP contribution in [0.25, 0.3) is 0 Å². The summed E-state index contributed by atoms with van der Waals surface area (Å²) in [6.45, 7) is 3.76. The summed E-state index contributed by atoms with van der Waals surface area (Å²) in [5.74, 6) is 0. The van der Waals surface area contributed by atoms with E-state index in [1.54, 1.807) is 6.08 Å². The zero-order chi connectivity index (χ0) is 17.2. The summed E-state index contributed by atoms with van der Waals surface area (Å²) >= 11 is 0.